The lowest BCUT2D eigenvalue weighted by Gasteiger charge is -2.09. The molecule has 114 valence electrons. The molecule has 0 saturated heterocycles. The number of nitrogens with zero attached hydrogens (tertiary/aromatic N) is 1. The van der Waals surface area contributed by atoms with Crippen LogP contribution in [-0.2, 0) is 16.6 Å². The first-order valence-corrected chi connectivity index (χ1v) is 9.04. The zero-order valence-electron chi connectivity index (χ0n) is 12.0. The molecule has 0 aliphatic carbocycles. The van der Waals surface area contributed by atoms with Crippen molar-refractivity contribution in [3.63, 3.8) is 0 Å². The molecule has 22 heavy (non-hydrogen) atoms. The van der Waals surface area contributed by atoms with Crippen LogP contribution in [0.4, 0.5) is 0 Å². The average Bonchev–Trinajstić information content (AvgIpc) is 3.18. The fraction of sp³-hybridized carbons (Fsp3) is 0.125. The van der Waals surface area contributed by atoms with Gasteiger partial charge in [-0.1, -0.05) is 17.7 Å². The van der Waals surface area contributed by atoms with Gasteiger partial charge in [0, 0.05) is 12.4 Å². The lowest BCUT2D eigenvalue weighted by molar-refractivity contribution is 0.307. The van der Waals surface area contributed by atoms with Gasteiger partial charge >= 0.3 is 0 Å². The number of aromatic nitrogens is 1. The largest absolute Gasteiger partial charge is 0.488 e. The lowest BCUT2D eigenvalue weighted by Crippen LogP contribution is -2.12. The van der Waals surface area contributed by atoms with Gasteiger partial charge in [-0.2, -0.15) is 0 Å². The van der Waals surface area contributed by atoms with E-state index in [1.54, 1.807) is 23.6 Å². The summed E-state index contributed by atoms with van der Waals surface area (Å²) in [6.45, 7) is 2.24. The molecule has 2 aromatic heterocycles. The molecule has 0 radical (unpaired) electrons. The second-order valence-electron chi connectivity index (χ2n) is 4.83. The van der Waals surface area contributed by atoms with Crippen molar-refractivity contribution in [3.05, 3.63) is 70.7 Å². The maximum Gasteiger partial charge on any atom is 0.268 e. The Morgan fingerprint density at radius 1 is 1.09 bits per heavy atom. The number of aryl methyl sites for hydroxylation is 1. The molecule has 1 aromatic carbocycles. The normalized spacial score (nSPS) is 11.5. The van der Waals surface area contributed by atoms with Gasteiger partial charge in [0.2, 0.25) is 0 Å². The van der Waals surface area contributed by atoms with Crippen molar-refractivity contribution in [1.29, 1.82) is 0 Å². The van der Waals surface area contributed by atoms with Gasteiger partial charge in [0.1, 0.15) is 17.3 Å². The summed E-state index contributed by atoms with van der Waals surface area (Å²) in [6, 6.07) is 12.7. The summed E-state index contributed by atoms with van der Waals surface area (Å²) in [5.74, 6) is 0.725. The summed E-state index contributed by atoms with van der Waals surface area (Å²) < 4.78 is 32.0. The molecular weight excluding hydrogens is 318 g/mol. The predicted molar refractivity (Wildman–Crippen MR) is 86.8 cm³/mol. The van der Waals surface area contributed by atoms with Crippen molar-refractivity contribution in [2.24, 2.45) is 0 Å². The van der Waals surface area contributed by atoms with Crippen LogP contribution in [0.2, 0.25) is 0 Å². The molecule has 0 atom stereocenters. The molecule has 0 saturated carbocycles. The molecule has 0 spiro atoms. The van der Waals surface area contributed by atoms with Gasteiger partial charge in [-0.25, -0.2) is 12.4 Å². The first kappa shape index (κ1) is 14.9. The summed E-state index contributed by atoms with van der Waals surface area (Å²) in [5, 5.41) is 1.77. The number of thiophene rings is 1. The van der Waals surface area contributed by atoms with E-state index in [2.05, 4.69) is 0 Å². The molecule has 0 unspecified atom stereocenters. The second-order valence-corrected chi connectivity index (χ2v) is 7.64. The minimum absolute atomic E-state index is 0.233. The number of hydrogen-bond acceptors (Lipinski definition) is 4. The van der Waals surface area contributed by atoms with Crippen molar-refractivity contribution in [3.8, 4) is 5.75 Å². The van der Waals surface area contributed by atoms with Crippen molar-refractivity contribution in [2.75, 3.05) is 0 Å². The Kier molecular flexibility index (Phi) is 4.04. The molecule has 6 heteroatoms. The van der Waals surface area contributed by atoms with E-state index in [4.69, 9.17) is 4.74 Å². The van der Waals surface area contributed by atoms with Gasteiger partial charge in [-0.05, 0) is 42.6 Å². The van der Waals surface area contributed by atoms with Crippen LogP contribution in [0.1, 0.15) is 10.4 Å². The SMILES string of the molecule is Cc1ccc(OCc2sccc2S(=O)(=O)n2cccc2)cc1. The van der Waals surface area contributed by atoms with E-state index >= 15 is 0 Å². The first-order chi connectivity index (χ1) is 10.6. The molecular formula is C16H15NO3S2. The Bertz CT molecular complexity index is 847. The number of hydrogen-bond donors (Lipinski definition) is 0. The standard InChI is InChI=1S/C16H15NO3S2/c1-13-4-6-14(7-5-13)20-12-15-16(8-11-21-15)22(18,19)17-9-2-3-10-17/h2-11H,12H2,1H3. The van der Waals surface area contributed by atoms with Crippen LogP contribution in [0.5, 0.6) is 5.75 Å². The fourth-order valence-electron chi connectivity index (χ4n) is 2.04. The smallest absolute Gasteiger partial charge is 0.268 e. The van der Waals surface area contributed by atoms with E-state index < -0.39 is 10.0 Å². The van der Waals surface area contributed by atoms with E-state index in [1.165, 1.54) is 27.7 Å². The summed E-state index contributed by atoms with van der Waals surface area (Å²) in [4.78, 5) is 0.982. The topological polar surface area (TPSA) is 48.3 Å². The zero-order valence-corrected chi connectivity index (χ0v) is 13.6. The second kappa shape index (κ2) is 5.98. The highest BCUT2D eigenvalue weighted by Crippen LogP contribution is 2.26. The number of rotatable bonds is 5. The molecule has 0 amide bonds. The predicted octanol–water partition coefficient (Wildman–Crippen LogP) is 3.67. The highest BCUT2D eigenvalue weighted by molar-refractivity contribution is 7.90. The fourth-order valence-corrected chi connectivity index (χ4v) is 4.54. The minimum Gasteiger partial charge on any atom is -0.488 e. The molecule has 0 bridgehead atoms. The molecule has 0 fully saturated rings. The van der Waals surface area contributed by atoms with E-state index in [-0.39, 0.29) is 6.61 Å². The summed E-state index contributed by atoms with van der Waals surface area (Å²) >= 11 is 1.38. The van der Waals surface area contributed by atoms with Crippen LogP contribution in [0.15, 0.2) is 65.1 Å². The zero-order chi connectivity index (χ0) is 15.6. The molecule has 4 nitrogen and oxygen atoms in total. The molecule has 2 heterocycles. The Morgan fingerprint density at radius 2 is 1.77 bits per heavy atom. The van der Waals surface area contributed by atoms with Gasteiger partial charge in [-0.3, -0.25) is 0 Å². The lowest BCUT2D eigenvalue weighted by atomic mass is 10.2. The van der Waals surface area contributed by atoms with E-state index in [1.807, 2.05) is 31.2 Å². The Labute approximate surface area is 133 Å². The summed E-state index contributed by atoms with van der Waals surface area (Å²) in [7, 11) is -3.55. The third-order valence-corrected chi connectivity index (χ3v) is 5.99. The van der Waals surface area contributed by atoms with E-state index in [0.717, 1.165) is 11.3 Å². The summed E-state index contributed by atoms with van der Waals surface area (Å²) in [5.41, 5.74) is 1.15. The van der Waals surface area contributed by atoms with Gasteiger partial charge in [0.25, 0.3) is 10.0 Å². The maximum atomic E-state index is 12.5. The van der Waals surface area contributed by atoms with Crippen LogP contribution in [-0.4, -0.2) is 12.4 Å². The maximum absolute atomic E-state index is 12.5. The van der Waals surface area contributed by atoms with Crippen LogP contribution in [0.25, 0.3) is 0 Å². The van der Waals surface area contributed by atoms with Gasteiger partial charge in [0.05, 0.1) is 4.88 Å². The van der Waals surface area contributed by atoms with Crippen molar-refractivity contribution >= 4 is 21.4 Å². The van der Waals surface area contributed by atoms with Crippen LogP contribution >= 0.6 is 11.3 Å². The highest BCUT2D eigenvalue weighted by atomic mass is 32.2. The van der Waals surface area contributed by atoms with Gasteiger partial charge in [0.15, 0.2) is 0 Å². The monoisotopic (exact) mass is 333 g/mol. The summed E-state index contributed by atoms with van der Waals surface area (Å²) in [6.07, 6.45) is 3.05. The van der Waals surface area contributed by atoms with Crippen molar-refractivity contribution < 1.29 is 13.2 Å². The van der Waals surface area contributed by atoms with Crippen LogP contribution in [0, 0.1) is 6.92 Å². The molecule has 3 rings (SSSR count). The third-order valence-electron chi connectivity index (χ3n) is 3.23. The first-order valence-electron chi connectivity index (χ1n) is 6.72. The number of benzene rings is 1. The average molecular weight is 333 g/mol. The molecule has 0 aliphatic rings. The van der Waals surface area contributed by atoms with Crippen molar-refractivity contribution in [2.45, 2.75) is 18.4 Å². The minimum atomic E-state index is -3.55. The van der Waals surface area contributed by atoms with Crippen LogP contribution < -0.4 is 4.74 Å². The molecule has 0 N–H and O–H groups in total. The van der Waals surface area contributed by atoms with E-state index in [9.17, 15) is 8.42 Å². The molecule has 0 aliphatic heterocycles. The molecule has 3 aromatic rings. The number of ether oxygens (including phenoxy) is 1. The van der Waals surface area contributed by atoms with Crippen LogP contribution in [0.3, 0.4) is 0 Å². The highest BCUT2D eigenvalue weighted by Gasteiger charge is 2.21. The third kappa shape index (κ3) is 2.93. The van der Waals surface area contributed by atoms with Gasteiger partial charge < -0.3 is 4.74 Å². The van der Waals surface area contributed by atoms with Gasteiger partial charge in [-0.15, -0.1) is 11.3 Å². The quantitative estimate of drug-likeness (QED) is 0.716. The Balaban J connectivity index is 1.82. The van der Waals surface area contributed by atoms with E-state index in [0.29, 0.717) is 9.77 Å². The Morgan fingerprint density at radius 3 is 2.45 bits per heavy atom. The Hall–Kier alpha value is -2.05. The van der Waals surface area contributed by atoms with Crippen molar-refractivity contribution in [1.82, 2.24) is 3.97 Å².